The maximum Gasteiger partial charge on any atom is 0.113 e. The number of hydrogen-bond donors (Lipinski definition) is 2. The van der Waals surface area contributed by atoms with Crippen molar-refractivity contribution in [1.82, 2.24) is 5.32 Å². The fourth-order valence-electron chi connectivity index (χ4n) is 1.19. The van der Waals surface area contributed by atoms with E-state index >= 15 is 0 Å². The average Bonchev–Trinajstić information content (AvgIpc) is 2.18. The standard InChI is InChI=1S/C11H15NOS/c1-8(2)9-3-5-10(6-4-9)11(14)12-7-13/h3-6,8,13H,7H2,1-2H3,(H,12,14). The normalized spacial score (nSPS) is 10.3. The van der Waals surface area contributed by atoms with Gasteiger partial charge in [0.05, 0.1) is 0 Å². The summed E-state index contributed by atoms with van der Waals surface area (Å²) in [5, 5.41) is 11.3. The van der Waals surface area contributed by atoms with Gasteiger partial charge in [-0.15, -0.1) is 0 Å². The third kappa shape index (κ3) is 2.79. The first-order chi connectivity index (χ1) is 6.65. The van der Waals surface area contributed by atoms with E-state index < -0.39 is 0 Å². The summed E-state index contributed by atoms with van der Waals surface area (Å²) in [4.78, 5) is 0.586. The minimum Gasteiger partial charge on any atom is -0.377 e. The number of rotatable bonds is 3. The van der Waals surface area contributed by atoms with Crippen LogP contribution in [0.2, 0.25) is 0 Å². The van der Waals surface area contributed by atoms with Crippen LogP contribution < -0.4 is 5.32 Å². The van der Waals surface area contributed by atoms with Crippen molar-refractivity contribution >= 4 is 17.2 Å². The molecule has 0 saturated carbocycles. The smallest absolute Gasteiger partial charge is 0.113 e. The molecule has 0 radical (unpaired) electrons. The second-order valence-electron chi connectivity index (χ2n) is 3.44. The van der Waals surface area contributed by atoms with Crippen LogP contribution in [0.3, 0.4) is 0 Å². The molecular formula is C11H15NOS. The minimum absolute atomic E-state index is 0.120. The average molecular weight is 209 g/mol. The molecule has 0 aliphatic rings. The van der Waals surface area contributed by atoms with Crippen molar-refractivity contribution in [3.05, 3.63) is 35.4 Å². The van der Waals surface area contributed by atoms with Crippen LogP contribution in [-0.4, -0.2) is 16.8 Å². The van der Waals surface area contributed by atoms with E-state index in [1.54, 1.807) is 0 Å². The fraction of sp³-hybridized carbons (Fsp3) is 0.364. The van der Waals surface area contributed by atoms with Gasteiger partial charge in [0.25, 0.3) is 0 Å². The zero-order valence-corrected chi connectivity index (χ0v) is 9.27. The largest absolute Gasteiger partial charge is 0.377 e. The molecular weight excluding hydrogens is 194 g/mol. The van der Waals surface area contributed by atoms with E-state index in [0.717, 1.165) is 5.56 Å². The van der Waals surface area contributed by atoms with Crippen molar-refractivity contribution in [3.63, 3.8) is 0 Å². The van der Waals surface area contributed by atoms with E-state index in [1.807, 2.05) is 12.1 Å². The zero-order chi connectivity index (χ0) is 10.6. The first kappa shape index (κ1) is 11.1. The highest BCUT2D eigenvalue weighted by atomic mass is 32.1. The summed E-state index contributed by atoms with van der Waals surface area (Å²) in [6.07, 6.45) is 0. The summed E-state index contributed by atoms with van der Waals surface area (Å²) in [6, 6.07) is 8.07. The van der Waals surface area contributed by atoms with E-state index in [0.29, 0.717) is 10.9 Å². The number of hydrogen-bond acceptors (Lipinski definition) is 2. The predicted molar refractivity (Wildman–Crippen MR) is 62.5 cm³/mol. The first-order valence-electron chi connectivity index (χ1n) is 4.64. The molecule has 2 N–H and O–H groups in total. The highest BCUT2D eigenvalue weighted by Crippen LogP contribution is 2.14. The molecule has 0 heterocycles. The van der Waals surface area contributed by atoms with Gasteiger partial charge < -0.3 is 10.4 Å². The van der Waals surface area contributed by atoms with Crippen molar-refractivity contribution < 1.29 is 5.11 Å². The molecule has 0 aliphatic carbocycles. The van der Waals surface area contributed by atoms with Crippen LogP contribution in [0, 0.1) is 0 Å². The van der Waals surface area contributed by atoms with Gasteiger partial charge in [0.15, 0.2) is 0 Å². The lowest BCUT2D eigenvalue weighted by Gasteiger charge is -2.08. The summed E-state index contributed by atoms with van der Waals surface area (Å²) < 4.78 is 0. The molecule has 1 aromatic rings. The van der Waals surface area contributed by atoms with Gasteiger partial charge in [-0.2, -0.15) is 0 Å². The molecule has 0 aromatic heterocycles. The van der Waals surface area contributed by atoms with Crippen molar-refractivity contribution in [2.75, 3.05) is 6.73 Å². The summed E-state index contributed by atoms with van der Waals surface area (Å²) in [5.41, 5.74) is 2.24. The van der Waals surface area contributed by atoms with Crippen LogP contribution in [0.1, 0.15) is 30.9 Å². The molecule has 76 valence electrons. The third-order valence-electron chi connectivity index (χ3n) is 2.08. The summed E-state index contributed by atoms with van der Waals surface area (Å²) in [5.74, 6) is 0.531. The molecule has 0 unspecified atom stereocenters. The lowest BCUT2D eigenvalue weighted by atomic mass is 10.0. The Labute approximate surface area is 90.0 Å². The van der Waals surface area contributed by atoms with Crippen molar-refractivity contribution in [2.24, 2.45) is 0 Å². The second-order valence-corrected chi connectivity index (χ2v) is 3.85. The van der Waals surface area contributed by atoms with Crippen molar-refractivity contribution in [1.29, 1.82) is 0 Å². The maximum absolute atomic E-state index is 8.64. The van der Waals surface area contributed by atoms with Crippen LogP contribution in [0.15, 0.2) is 24.3 Å². The third-order valence-corrected chi connectivity index (χ3v) is 2.46. The molecule has 0 atom stereocenters. The quantitative estimate of drug-likeness (QED) is 0.590. The Morgan fingerprint density at radius 3 is 2.36 bits per heavy atom. The molecule has 0 fully saturated rings. The van der Waals surface area contributed by atoms with Crippen LogP contribution in [0.25, 0.3) is 0 Å². The fourth-order valence-corrected chi connectivity index (χ4v) is 1.39. The second kappa shape index (κ2) is 5.08. The van der Waals surface area contributed by atoms with E-state index in [4.69, 9.17) is 17.3 Å². The highest BCUT2D eigenvalue weighted by Gasteiger charge is 2.01. The maximum atomic E-state index is 8.64. The Balaban J connectivity index is 2.78. The number of benzene rings is 1. The monoisotopic (exact) mass is 209 g/mol. The molecule has 0 amide bonds. The predicted octanol–water partition coefficient (Wildman–Crippen LogP) is 2.02. The zero-order valence-electron chi connectivity index (χ0n) is 8.45. The van der Waals surface area contributed by atoms with Gasteiger partial charge in [-0.25, -0.2) is 0 Å². The van der Waals surface area contributed by atoms with Gasteiger partial charge in [0.1, 0.15) is 11.7 Å². The molecule has 2 nitrogen and oxygen atoms in total. The number of thiocarbonyl (C=S) groups is 1. The number of nitrogens with one attached hydrogen (secondary N) is 1. The van der Waals surface area contributed by atoms with Crippen LogP contribution in [0.4, 0.5) is 0 Å². The van der Waals surface area contributed by atoms with E-state index in [-0.39, 0.29) is 6.73 Å². The van der Waals surface area contributed by atoms with Crippen LogP contribution in [-0.2, 0) is 0 Å². The molecule has 0 bridgehead atoms. The molecule has 14 heavy (non-hydrogen) atoms. The van der Waals surface area contributed by atoms with Gasteiger partial charge in [0, 0.05) is 5.56 Å². The number of aliphatic hydroxyl groups is 1. The molecule has 1 rings (SSSR count). The van der Waals surface area contributed by atoms with E-state index in [1.165, 1.54) is 5.56 Å². The summed E-state index contributed by atoms with van der Waals surface area (Å²) in [7, 11) is 0. The van der Waals surface area contributed by atoms with Gasteiger partial charge in [-0.05, 0) is 11.5 Å². The lowest BCUT2D eigenvalue weighted by Crippen LogP contribution is -2.22. The van der Waals surface area contributed by atoms with Gasteiger partial charge in [0.2, 0.25) is 0 Å². The molecule has 0 spiro atoms. The van der Waals surface area contributed by atoms with Gasteiger partial charge >= 0.3 is 0 Å². The van der Waals surface area contributed by atoms with Crippen molar-refractivity contribution in [3.8, 4) is 0 Å². The SMILES string of the molecule is CC(C)c1ccc(C(=S)NCO)cc1. The lowest BCUT2D eigenvalue weighted by molar-refractivity contribution is 0.287. The summed E-state index contributed by atoms with van der Waals surface area (Å²) in [6.45, 7) is 4.18. The minimum atomic E-state index is -0.120. The topological polar surface area (TPSA) is 32.3 Å². The van der Waals surface area contributed by atoms with Crippen LogP contribution in [0.5, 0.6) is 0 Å². The number of aliphatic hydroxyl groups excluding tert-OH is 1. The van der Waals surface area contributed by atoms with Crippen molar-refractivity contribution in [2.45, 2.75) is 19.8 Å². The van der Waals surface area contributed by atoms with E-state index in [9.17, 15) is 0 Å². The van der Waals surface area contributed by atoms with Crippen LogP contribution >= 0.6 is 12.2 Å². The van der Waals surface area contributed by atoms with E-state index in [2.05, 4.69) is 31.3 Å². The molecule has 0 aliphatic heterocycles. The Hall–Kier alpha value is -0.930. The molecule has 1 aromatic carbocycles. The van der Waals surface area contributed by atoms with Gasteiger partial charge in [-0.3, -0.25) is 0 Å². The Morgan fingerprint density at radius 2 is 1.93 bits per heavy atom. The molecule has 3 heteroatoms. The Morgan fingerprint density at radius 1 is 1.36 bits per heavy atom. The Bertz CT molecular complexity index is 306. The highest BCUT2D eigenvalue weighted by molar-refractivity contribution is 7.80. The summed E-state index contributed by atoms with van der Waals surface area (Å²) >= 11 is 5.06. The first-order valence-corrected chi connectivity index (χ1v) is 5.05. The Kier molecular flexibility index (Phi) is 4.04. The molecule has 0 saturated heterocycles. The van der Waals surface area contributed by atoms with Gasteiger partial charge in [-0.1, -0.05) is 50.3 Å².